The van der Waals surface area contributed by atoms with E-state index in [1.54, 1.807) is 25.8 Å². The molecule has 0 aliphatic rings. The Morgan fingerprint density at radius 2 is 1.90 bits per heavy atom. The van der Waals surface area contributed by atoms with Crippen LogP contribution in [0.3, 0.4) is 0 Å². The van der Waals surface area contributed by atoms with Gasteiger partial charge in [-0.25, -0.2) is 9.97 Å². The third-order valence-corrected chi connectivity index (χ3v) is 4.89. The number of hydrogen-bond donors (Lipinski definition) is 1. The maximum Gasteiger partial charge on any atom is 0.234 e. The fraction of sp³-hybridized carbons (Fsp3) is 0.0870. The monoisotopic (exact) mass is 397 g/mol. The second-order valence-electron chi connectivity index (χ2n) is 6.81. The Balaban J connectivity index is 1.56. The van der Waals surface area contributed by atoms with E-state index >= 15 is 0 Å². The van der Waals surface area contributed by atoms with Crippen LogP contribution in [0.4, 0.5) is 11.6 Å². The van der Waals surface area contributed by atoms with Crippen LogP contribution >= 0.6 is 0 Å². The smallest absolute Gasteiger partial charge is 0.234 e. The molecule has 0 aliphatic carbocycles. The number of pyridine rings is 1. The van der Waals surface area contributed by atoms with Crippen LogP contribution in [-0.2, 0) is 0 Å². The van der Waals surface area contributed by atoms with Crippen LogP contribution in [0.2, 0.25) is 0 Å². The lowest BCUT2D eigenvalue weighted by Gasteiger charge is -2.08. The van der Waals surface area contributed by atoms with Gasteiger partial charge in [0.25, 0.3) is 0 Å². The van der Waals surface area contributed by atoms with Crippen molar-refractivity contribution in [2.45, 2.75) is 6.92 Å². The lowest BCUT2D eigenvalue weighted by Crippen LogP contribution is -1.96. The molecule has 0 spiro atoms. The Kier molecular flexibility index (Phi) is 4.40. The van der Waals surface area contributed by atoms with Gasteiger partial charge in [0.15, 0.2) is 5.88 Å². The fourth-order valence-corrected chi connectivity index (χ4v) is 3.50. The minimum absolute atomic E-state index is 0.634. The molecule has 0 bridgehead atoms. The summed E-state index contributed by atoms with van der Waals surface area (Å²) < 4.78 is 13.0. The van der Waals surface area contributed by atoms with Gasteiger partial charge in [0, 0.05) is 41.5 Å². The van der Waals surface area contributed by atoms with E-state index in [1.165, 1.54) is 0 Å². The number of anilines is 2. The van der Waals surface area contributed by atoms with Crippen molar-refractivity contribution in [1.29, 1.82) is 0 Å². The average molecular weight is 397 g/mol. The summed E-state index contributed by atoms with van der Waals surface area (Å²) in [7, 11) is 1.65. The number of aromatic nitrogens is 4. The quantitative estimate of drug-likeness (QED) is 0.444. The molecule has 5 rings (SSSR count). The Labute approximate surface area is 173 Å². The SMILES string of the molecule is COc1ccc(Nc2cc(-c3c(C)nc4nccc(-c5cccnc5)n34)co2)cc1. The molecule has 0 aliphatic heterocycles. The molecule has 1 N–H and O–H groups in total. The molecule has 0 radical (unpaired) electrons. The average Bonchev–Trinajstić information content (AvgIpc) is 3.37. The summed E-state index contributed by atoms with van der Waals surface area (Å²) >= 11 is 0. The Bertz CT molecular complexity index is 1310. The predicted octanol–water partition coefficient (Wildman–Crippen LogP) is 5.11. The van der Waals surface area contributed by atoms with Crippen LogP contribution in [0.5, 0.6) is 5.75 Å². The number of rotatable bonds is 5. The lowest BCUT2D eigenvalue weighted by molar-refractivity contribution is 0.415. The molecule has 5 aromatic rings. The molecule has 30 heavy (non-hydrogen) atoms. The zero-order chi connectivity index (χ0) is 20.5. The van der Waals surface area contributed by atoms with Crippen LogP contribution in [0, 0.1) is 6.92 Å². The molecule has 0 amide bonds. The van der Waals surface area contributed by atoms with Crippen LogP contribution in [0.15, 0.2) is 77.8 Å². The number of imidazole rings is 1. The van der Waals surface area contributed by atoms with Crippen molar-refractivity contribution in [3.05, 3.63) is 79.1 Å². The zero-order valence-electron chi connectivity index (χ0n) is 16.5. The van der Waals surface area contributed by atoms with E-state index in [0.29, 0.717) is 11.7 Å². The van der Waals surface area contributed by atoms with Gasteiger partial charge in [-0.1, -0.05) is 0 Å². The van der Waals surface area contributed by atoms with Crippen molar-refractivity contribution in [3.63, 3.8) is 0 Å². The predicted molar refractivity (Wildman–Crippen MR) is 115 cm³/mol. The normalized spacial score (nSPS) is 11.0. The van der Waals surface area contributed by atoms with Gasteiger partial charge in [-0.2, -0.15) is 0 Å². The van der Waals surface area contributed by atoms with E-state index in [1.807, 2.05) is 66.1 Å². The highest BCUT2D eigenvalue weighted by Crippen LogP contribution is 2.32. The Hall–Kier alpha value is -4.13. The summed E-state index contributed by atoms with van der Waals surface area (Å²) in [6.07, 6.45) is 7.08. The van der Waals surface area contributed by atoms with Crippen molar-refractivity contribution in [3.8, 4) is 28.3 Å². The summed E-state index contributed by atoms with van der Waals surface area (Å²) in [5.41, 5.74) is 5.58. The number of fused-ring (bicyclic) bond motifs is 1. The molecule has 7 heteroatoms. The topological polar surface area (TPSA) is 77.5 Å². The van der Waals surface area contributed by atoms with Crippen LogP contribution < -0.4 is 10.1 Å². The number of furan rings is 1. The van der Waals surface area contributed by atoms with Crippen LogP contribution in [0.25, 0.3) is 28.3 Å². The first-order valence-corrected chi connectivity index (χ1v) is 9.47. The van der Waals surface area contributed by atoms with Crippen molar-refractivity contribution < 1.29 is 9.15 Å². The maximum atomic E-state index is 5.78. The number of benzene rings is 1. The summed E-state index contributed by atoms with van der Waals surface area (Å²) in [4.78, 5) is 13.3. The van der Waals surface area contributed by atoms with Gasteiger partial charge in [0.05, 0.1) is 24.2 Å². The van der Waals surface area contributed by atoms with Gasteiger partial charge in [-0.3, -0.25) is 9.38 Å². The molecular weight excluding hydrogens is 378 g/mol. The van der Waals surface area contributed by atoms with E-state index in [0.717, 1.165) is 39.6 Å². The third kappa shape index (κ3) is 3.16. The Morgan fingerprint density at radius 1 is 1.03 bits per heavy atom. The van der Waals surface area contributed by atoms with Crippen molar-refractivity contribution in [2.75, 3.05) is 12.4 Å². The van der Waals surface area contributed by atoms with Crippen molar-refractivity contribution in [1.82, 2.24) is 19.4 Å². The number of ether oxygens (including phenoxy) is 1. The van der Waals surface area contributed by atoms with E-state index < -0.39 is 0 Å². The van der Waals surface area contributed by atoms with Gasteiger partial charge in [0.2, 0.25) is 5.78 Å². The fourth-order valence-electron chi connectivity index (χ4n) is 3.50. The highest BCUT2D eigenvalue weighted by atomic mass is 16.5. The first-order chi connectivity index (χ1) is 14.7. The molecule has 1 aromatic carbocycles. The lowest BCUT2D eigenvalue weighted by atomic mass is 10.1. The van der Waals surface area contributed by atoms with Crippen molar-refractivity contribution >= 4 is 17.3 Å². The number of hydrogen-bond acceptors (Lipinski definition) is 6. The summed E-state index contributed by atoms with van der Waals surface area (Å²) in [6, 6.07) is 15.5. The maximum absolute atomic E-state index is 5.78. The third-order valence-electron chi connectivity index (χ3n) is 4.89. The van der Waals surface area contributed by atoms with Gasteiger partial charge in [0.1, 0.15) is 12.0 Å². The zero-order valence-corrected chi connectivity index (χ0v) is 16.5. The van der Waals surface area contributed by atoms with E-state index in [2.05, 4.69) is 20.3 Å². The highest BCUT2D eigenvalue weighted by Gasteiger charge is 2.18. The molecule has 7 nitrogen and oxygen atoms in total. The molecule has 4 heterocycles. The molecule has 148 valence electrons. The minimum Gasteiger partial charge on any atom is -0.497 e. The molecule has 0 unspecified atom stereocenters. The molecule has 0 saturated carbocycles. The van der Waals surface area contributed by atoms with E-state index in [-0.39, 0.29) is 0 Å². The first kappa shape index (κ1) is 17.9. The standard InChI is InChI=1S/C23H19N5O2/c1-15-22(17-12-21(30-14-17)27-18-5-7-19(29-2)8-6-18)28-20(9-11-25-23(28)26-15)16-4-3-10-24-13-16/h3-14,27H,1-2H3. The summed E-state index contributed by atoms with van der Waals surface area (Å²) in [5.74, 6) is 2.07. The molecule has 4 aromatic heterocycles. The van der Waals surface area contributed by atoms with Gasteiger partial charge >= 0.3 is 0 Å². The first-order valence-electron chi connectivity index (χ1n) is 9.47. The van der Waals surface area contributed by atoms with E-state index in [9.17, 15) is 0 Å². The number of aryl methyl sites for hydroxylation is 1. The van der Waals surface area contributed by atoms with E-state index in [4.69, 9.17) is 9.15 Å². The van der Waals surface area contributed by atoms with Gasteiger partial charge < -0.3 is 14.5 Å². The second-order valence-corrected chi connectivity index (χ2v) is 6.81. The number of nitrogens with one attached hydrogen (secondary N) is 1. The molecule has 0 atom stereocenters. The number of methoxy groups -OCH3 is 1. The van der Waals surface area contributed by atoms with Gasteiger partial charge in [-0.05, 0) is 49.4 Å². The van der Waals surface area contributed by atoms with Crippen LogP contribution in [-0.4, -0.2) is 26.5 Å². The number of nitrogens with zero attached hydrogens (tertiary/aromatic N) is 4. The molecule has 0 saturated heterocycles. The van der Waals surface area contributed by atoms with Crippen molar-refractivity contribution in [2.24, 2.45) is 0 Å². The van der Waals surface area contributed by atoms with Gasteiger partial charge in [-0.15, -0.1) is 0 Å². The molecular formula is C23H19N5O2. The van der Waals surface area contributed by atoms with Crippen LogP contribution in [0.1, 0.15) is 5.69 Å². The minimum atomic E-state index is 0.634. The second kappa shape index (κ2) is 7.36. The highest BCUT2D eigenvalue weighted by molar-refractivity contribution is 5.73. The summed E-state index contributed by atoms with van der Waals surface area (Å²) in [5, 5.41) is 3.27. The molecule has 0 fully saturated rings. The Morgan fingerprint density at radius 3 is 2.67 bits per heavy atom. The summed E-state index contributed by atoms with van der Waals surface area (Å²) in [6.45, 7) is 1.97. The largest absolute Gasteiger partial charge is 0.497 e.